The lowest BCUT2D eigenvalue weighted by molar-refractivity contribution is 0.130. The summed E-state index contributed by atoms with van der Waals surface area (Å²) >= 11 is 0. The van der Waals surface area contributed by atoms with Crippen LogP contribution in [0.25, 0.3) is 0 Å². The first-order valence-electron chi connectivity index (χ1n) is 7.34. The molecule has 3 unspecified atom stereocenters. The molecule has 3 N–H and O–H groups in total. The molecule has 0 radical (unpaired) electrons. The second-order valence-corrected chi connectivity index (χ2v) is 5.77. The third-order valence-corrected chi connectivity index (χ3v) is 4.15. The van der Waals surface area contributed by atoms with Crippen LogP contribution in [0, 0.1) is 5.92 Å². The molecule has 1 fully saturated rings. The van der Waals surface area contributed by atoms with Crippen LogP contribution in [-0.4, -0.2) is 28.9 Å². The minimum atomic E-state index is -0.100. The van der Waals surface area contributed by atoms with E-state index >= 15 is 0 Å². The molecule has 1 aromatic rings. The van der Waals surface area contributed by atoms with Gasteiger partial charge in [0.25, 0.3) is 0 Å². The Kier molecular flexibility index (Phi) is 5.23. The van der Waals surface area contributed by atoms with Gasteiger partial charge < -0.3 is 15.5 Å². The zero-order valence-corrected chi connectivity index (χ0v) is 11.7. The van der Waals surface area contributed by atoms with Gasteiger partial charge in [0.1, 0.15) is 5.75 Å². The Bertz CT molecular complexity index is 377. The van der Waals surface area contributed by atoms with Crippen LogP contribution in [0.4, 0.5) is 0 Å². The molecular weight excluding hydrogens is 238 g/mol. The van der Waals surface area contributed by atoms with Crippen LogP contribution < -0.4 is 5.32 Å². The number of aliphatic hydroxyl groups excluding tert-OH is 1. The summed E-state index contributed by atoms with van der Waals surface area (Å²) in [7, 11) is 0. The average molecular weight is 263 g/mol. The van der Waals surface area contributed by atoms with Crippen LogP contribution >= 0.6 is 0 Å². The standard InChI is InChI=1S/C16H25NO2/c1-12(17-11-14-3-2-4-16(14)19)5-6-13-7-9-15(18)10-8-13/h7-10,12,14,16-19H,2-6,11H2,1H3. The smallest absolute Gasteiger partial charge is 0.115 e. The van der Waals surface area contributed by atoms with E-state index < -0.39 is 0 Å². The summed E-state index contributed by atoms with van der Waals surface area (Å²) in [6.07, 6.45) is 5.27. The van der Waals surface area contributed by atoms with E-state index in [4.69, 9.17) is 0 Å². The Balaban J connectivity index is 1.66. The van der Waals surface area contributed by atoms with Crippen molar-refractivity contribution >= 4 is 0 Å². The molecule has 1 aromatic carbocycles. The number of nitrogens with one attached hydrogen (secondary N) is 1. The van der Waals surface area contributed by atoms with Gasteiger partial charge in [-0.2, -0.15) is 0 Å². The van der Waals surface area contributed by atoms with E-state index in [1.165, 1.54) is 5.56 Å². The number of hydrogen-bond donors (Lipinski definition) is 3. The lowest BCUT2D eigenvalue weighted by Crippen LogP contribution is -2.34. The molecule has 3 nitrogen and oxygen atoms in total. The van der Waals surface area contributed by atoms with E-state index in [0.29, 0.717) is 17.7 Å². The van der Waals surface area contributed by atoms with Crippen LogP contribution in [0.5, 0.6) is 5.75 Å². The molecule has 0 aromatic heterocycles. The number of aryl methyl sites for hydroxylation is 1. The molecule has 19 heavy (non-hydrogen) atoms. The van der Waals surface area contributed by atoms with Gasteiger partial charge in [0.05, 0.1) is 6.10 Å². The van der Waals surface area contributed by atoms with E-state index in [1.807, 2.05) is 12.1 Å². The minimum Gasteiger partial charge on any atom is -0.508 e. The first-order chi connectivity index (χ1) is 9.15. The molecule has 3 atom stereocenters. The lowest BCUT2D eigenvalue weighted by Gasteiger charge is -2.19. The molecule has 0 bridgehead atoms. The number of phenols is 1. The predicted octanol–water partition coefficient (Wildman–Crippen LogP) is 2.46. The molecule has 2 rings (SSSR count). The highest BCUT2D eigenvalue weighted by Crippen LogP contribution is 2.24. The number of phenolic OH excluding ortho intramolecular Hbond substituents is 1. The van der Waals surface area contributed by atoms with Crippen molar-refractivity contribution in [1.29, 1.82) is 0 Å². The third-order valence-electron chi connectivity index (χ3n) is 4.15. The van der Waals surface area contributed by atoms with Gasteiger partial charge in [-0.05, 0) is 56.2 Å². The van der Waals surface area contributed by atoms with E-state index in [-0.39, 0.29) is 6.10 Å². The maximum absolute atomic E-state index is 9.77. The summed E-state index contributed by atoms with van der Waals surface area (Å²) < 4.78 is 0. The highest BCUT2D eigenvalue weighted by molar-refractivity contribution is 5.25. The third kappa shape index (κ3) is 4.51. The van der Waals surface area contributed by atoms with Crippen LogP contribution in [0.1, 0.15) is 38.2 Å². The first kappa shape index (κ1) is 14.4. The highest BCUT2D eigenvalue weighted by atomic mass is 16.3. The Hall–Kier alpha value is -1.06. The van der Waals surface area contributed by atoms with Crippen molar-refractivity contribution in [3.8, 4) is 5.75 Å². The molecule has 0 saturated heterocycles. The van der Waals surface area contributed by atoms with Crippen LogP contribution in [0.3, 0.4) is 0 Å². The van der Waals surface area contributed by atoms with Crippen molar-refractivity contribution in [2.75, 3.05) is 6.54 Å². The van der Waals surface area contributed by atoms with E-state index in [2.05, 4.69) is 12.2 Å². The summed E-state index contributed by atoms with van der Waals surface area (Å²) in [5.74, 6) is 0.765. The fourth-order valence-corrected chi connectivity index (χ4v) is 2.76. The summed E-state index contributed by atoms with van der Waals surface area (Å²) in [6.45, 7) is 3.12. The topological polar surface area (TPSA) is 52.5 Å². The van der Waals surface area contributed by atoms with Crippen molar-refractivity contribution in [2.45, 2.75) is 51.2 Å². The van der Waals surface area contributed by atoms with Gasteiger partial charge in [0, 0.05) is 12.6 Å². The Morgan fingerprint density at radius 2 is 2.00 bits per heavy atom. The van der Waals surface area contributed by atoms with Gasteiger partial charge in [0.15, 0.2) is 0 Å². The second-order valence-electron chi connectivity index (χ2n) is 5.77. The zero-order valence-electron chi connectivity index (χ0n) is 11.7. The van der Waals surface area contributed by atoms with Crippen molar-refractivity contribution in [3.05, 3.63) is 29.8 Å². The Labute approximate surface area is 115 Å². The number of aliphatic hydroxyl groups is 1. The predicted molar refractivity (Wildman–Crippen MR) is 77.2 cm³/mol. The maximum atomic E-state index is 9.77. The van der Waals surface area contributed by atoms with Gasteiger partial charge in [-0.15, -0.1) is 0 Å². The van der Waals surface area contributed by atoms with Crippen LogP contribution in [0.15, 0.2) is 24.3 Å². The van der Waals surface area contributed by atoms with E-state index in [0.717, 1.165) is 38.6 Å². The largest absolute Gasteiger partial charge is 0.508 e. The monoisotopic (exact) mass is 263 g/mol. The number of hydrogen-bond acceptors (Lipinski definition) is 3. The molecule has 106 valence electrons. The summed E-state index contributed by atoms with van der Waals surface area (Å²) in [6, 6.07) is 7.89. The van der Waals surface area contributed by atoms with E-state index in [9.17, 15) is 10.2 Å². The molecule has 0 aliphatic heterocycles. The average Bonchev–Trinajstić information content (AvgIpc) is 2.81. The summed E-state index contributed by atoms with van der Waals surface area (Å²) in [4.78, 5) is 0. The number of aromatic hydroxyl groups is 1. The second kappa shape index (κ2) is 6.92. The number of benzene rings is 1. The molecule has 1 saturated carbocycles. The van der Waals surface area contributed by atoms with Crippen molar-refractivity contribution in [2.24, 2.45) is 5.92 Å². The molecule has 0 amide bonds. The molecule has 0 spiro atoms. The highest BCUT2D eigenvalue weighted by Gasteiger charge is 2.24. The summed E-state index contributed by atoms with van der Waals surface area (Å²) in [5, 5.41) is 22.5. The Morgan fingerprint density at radius 1 is 1.26 bits per heavy atom. The quantitative estimate of drug-likeness (QED) is 0.739. The molecule has 1 aliphatic rings. The Morgan fingerprint density at radius 3 is 2.63 bits per heavy atom. The van der Waals surface area contributed by atoms with Gasteiger partial charge in [0.2, 0.25) is 0 Å². The van der Waals surface area contributed by atoms with Crippen molar-refractivity contribution in [3.63, 3.8) is 0 Å². The van der Waals surface area contributed by atoms with Crippen LogP contribution in [0.2, 0.25) is 0 Å². The van der Waals surface area contributed by atoms with Gasteiger partial charge in [-0.3, -0.25) is 0 Å². The normalized spacial score (nSPS) is 24.5. The fraction of sp³-hybridized carbons (Fsp3) is 0.625. The molecular formula is C16H25NO2. The van der Waals surface area contributed by atoms with Crippen LogP contribution in [-0.2, 0) is 6.42 Å². The number of rotatable bonds is 6. The van der Waals surface area contributed by atoms with Gasteiger partial charge in [-0.25, -0.2) is 0 Å². The SMILES string of the molecule is CC(CCc1ccc(O)cc1)NCC1CCCC1O. The van der Waals surface area contributed by atoms with E-state index in [1.54, 1.807) is 12.1 Å². The fourth-order valence-electron chi connectivity index (χ4n) is 2.76. The molecule has 1 aliphatic carbocycles. The molecule has 3 heteroatoms. The van der Waals surface area contributed by atoms with Crippen molar-refractivity contribution < 1.29 is 10.2 Å². The molecule has 0 heterocycles. The lowest BCUT2D eigenvalue weighted by atomic mass is 10.0. The van der Waals surface area contributed by atoms with Crippen molar-refractivity contribution in [1.82, 2.24) is 5.32 Å². The summed E-state index contributed by atoms with van der Waals surface area (Å²) in [5.41, 5.74) is 1.26. The van der Waals surface area contributed by atoms with Gasteiger partial charge in [-0.1, -0.05) is 18.6 Å². The zero-order chi connectivity index (χ0) is 13.7. The minimum absolute atomic E-state index is 0.100. The van der Waals surface area contributed by atoms with Gasteiger partial charge >= 0.3 is 0 Å². The first-order valence-corrected chi connectivity index (χ1v) is 7.34. The maximum Gasteiger partial charge on any atom is 0.115 e.